The fourth-order valence-electron chi connectivity index (χ4n) is 3.96. The van der Waals surface area contributed by atoms with Crippen LogP contribution in [-0.2, 0) is 6.42 Å². The molecular weight excluding hydrogens is 364 g/mol. The molecular formula is C24H20N2O3. The van der Waals surface area contributed by atoms with Crippen LogP contribution in [0, 0.1) is 0 Å². The van der Waals surface area contributed by atoms with Crippen LogP contribution in [0.3, 0.4) is 0 Å². The maximum atomic E-state index is 9.48. The average molecular weight is 384 g/mol. The average Bonchev–Trinajstić information content (AvgIpc) is 3.32. The SMILES string of the molecule is COc1cc2c(cc1OC)-c1[nH]nc(-c3ccc(-c4ccc(O)cc4)cc3)c1C2. The minimum absolute atomic E-state index is 0.269. The number of phenolic OH excluding ortho intramolecular Hbond substituents is 1. The Hall–Kier alpha value is -3.73. The summed E-state index contributed by atoms with van der Waals surface area (Å²) in [6.45, 7) is 0. The Bertz CT molecular complexity index is 1190. The van der Waals surface area contributed by atoms with Gasteiger partial charge in [0.15, 0.2) is 11.5 Å². The van der Waals surface area contributed by atoms with Crippen LogP contribution in [0.1, 0.15) is 11.1 Å². The Kier molecular flexibility index (Phi) is 4.02. The number of rotatable bonds is 4. The van der Waals surface area contributed by atoms with E-state index in [0.29, 0.717) is 5.75 Å². The third-order valence-electron chi connectivity index (χ3n) is 5.47. The first-order valence-corrected chi connectivity index (χ1v) is 9.40. The van der Waals surface area contributed by atoms with Gasteiger partial charge in [0, 0.05) is 23.1 Å². The van der Waals surface area contributed by atoms with Gasteiger partial charge in [-0.3, -0.25) is 5.10 Å². The number of phenols is 1. The molecule has 0 unspecified atom stereocenters. The molecule has 4 aromatic rings. The number of H-pyrrole nitrogens is 1. The van der Waals surface area contributed by atoms with Gasteiger partial charge in [-0.25, -0.2) is 0 Å². The topological polar surface area (TPSA) is 67.4 Å². The van der Waals surface area contributed by atoms with Crippen molar-refractivity contribution in [2.24, 2.45) is 0 Å². The molecule has 2 N–H and O–H groups in total. The van der Waals surface area contributed by atoms with Crippen LogP contribution in [0.5, 0.6) is 17.2 Å². The van der Waals surface area contributed by atoms with Crippen LogP contribution in [0.2, 0.25) is 0 Å². The van der Waals surface area contributed by atoms with Crippen LogP contribution >= 0.6 is 0 Å². The van der Waals surface area contributed by atoms with Gasteiger partial charge in [-0.05, 0) is 41.0 Å². The minimum atomic E-state index is 0.269. The summed E-state index contributed by atoms with van der Waals surface area (Å²) in [6.07, 6.45) is 0.802. The Morgan fingerprint density at radius 3 is 2.07 bits per heavy atom. The molecule has 1 aliphatic rings. The van der Waals surface area contributed by atoms with Gasteiger partial charge >= 0.3 is 0 Å². The maximum absolute atomic E-state index is 9.48. The third kappa shape index (κ3) is 2.83. The van der Waals surface area contributed by atoms with Gasteiger partial charge in [-0.2, -0.15) is 5.10 Å². The number of aromatic nitrogens is 2. The molecule has 5 rings (SSSR count). The molecule has 29 heavy (non-hydrogen) atoms. The highest BCUT2D eigenvalue weighted by atomic mass is 16.5. The number of methoxy groups -OCH3 is 2. The summed E-state index contributed by atoms with van der Waals surface area (Å²) in [7, 11) is 3.30. The molecule has 0 atom stereocenters. The van der Waals surface area contributed by atoms with E-state index in [9.17, 15) is 5.11 Å². The number of nitrogens with one attached hydrogen (secondary N) is 1. The van der Waals surface area contributed by atoms with Gasteiger partial charge in [0.25, 0.3) is 0 Å². The lowest BCUT2D eigenvalue weighted by Gasteiger charge is -2.10. The second-order valence-electron chi connectivity index (χ2n) is 7.09. The van der Waals surface area contributed by atoms with Gasteiger partial charge in [0.1, 0.15) is 5.75 Å². The van der Waals surface area contributed by atoms with Crippen molar-refractivity contribution < 1.29 is 14.6 Å². The lowest BCUT2D eigenvalue weighted by molar-refractivity contribution is 0.355. The fourth-order valence-corrected chi connectivity index (χ4v) is 3.96. The van der Waals surface area contributed by atoms with Crippen molar-refractivity contribution in [1.82, 2.24) is 10.2 Å². The molecule has 1 aromatic heterocycles. The van der Waals surface area contributed by atoms with Crippen molar-refractivity contribution in [1.29, 1.82) is 0 Å². The Morgan fingerprint density at radius 1 is 0.828 bits per heavy atom. The first kappa shape index (κ1) is 17.4. The summed E-state index contributed by atoms with van der Waals surface area (Å²) in [5.74, 6) is 1.72. The molecule has 0 amide bonds. The molecule has 0 aliphatic heterocycles. The number of aromatic amines is 1. The quantitative estimate of drug-likeness (QED) is 0.456. The lowest BCUT2D eigenvalue weighted by atomic mass is 10.0. The van der Waals surface area contributed by atoms with Gasteiger partial charge in [0.2, 0.25) is 0 Å². The van der Waals surface area contributed by atoms with E-state index < -0.39 is 0 Å². The third-order valence-corrected chi connectivity index (χ3v) is 5.47. The smallest absolute Gasteiger partial charge is 0.161 e. The largest absolute Gasteiger partial charge is 0.508 e. The molecule has 0 bridgehead atoms. The summed E-state index contributed by atoms with van der Waals surface area (Å²) in [5, 5.41) is 17.3. The van der Waals surface area contributed by atoms with E-state index in [1.54, 1.807) is 26.4 Å². The summed E-state index contributed by atoms with van der Waals surface area (Å²) < 4.78 is 10.9. The minimum Gasteiger partial charge on any atom is -0.508 e. The summed E-state index contributed by atoms with van der Waals surface area (Å²) in [4.78, 5) is 0. The van der Waals surface area contributed by atoms with E-state index in [2.05, 4.69) is 34.5 Å². The zero-order valence-electron chi connectivity index (χ0n) is 16.2. The number of hydrogen-bond acceptors (Lipinski definition) is 4. The molecule has 1 heterocycles. The Morgan fingerprint density at radius 2 is 1.41 bits per heavy atom. The highest BCUT2D eigenvalue weighted by Gasteiger charge is 2.27. The fraction of sp³-hybridized carbons (Fsp3) is 0.125. The molecule has 0 saturated carbocycles. The van der Waals surface area contributed by atoms with E-state index >= 15 is 0 Å². The molecule has 3 aromatic carbocycles. The number of aromatic hydroxyl groups is 1. The first-order valence-electron chi connectivity index (χ1n) is 9.40. The number of ether oxygens (including phenoxy) is 2. The number of hydrogen-bond donors (Lipinski definition) is 2. The normalized spacial score (nSPS) is 11.8. The van der Waals surface area contributed by atoms with Crippen LogP contribution in [-0.4, -0.2) is 29.5 Å². The van der Waals surface area contributed by atoms with Crippen molar-refractivity contribution in [3.63, 3.8) is 0 Å². The summed E-state index contributed by atoms with van der Waals surface area (Å²) in [5.41, 5.74) is 8.73. The summed E-state index contributed by atoms with van der Waals surface area (Å²) >= 11 is 0. The van der Waals surface area contributed by atoms with Gasteiger partial charge < -0.3 is 14.6 Å². The molecule has 0 fully saturated rings. The number of fused-ring (bicyclic) bond motifs is 3. The van der Waals surface area contributed by atoms with E-state index in [0.717, 1.165) is 45.8 Å². The second kappa shape index (κ2) is 6.71. The predicted octanol–water partition coefficient (Wildman–Crippen LogP) is 5.04. The van der Waals surface area contributed by atoms with Crippen molar-refractivity contribution in [2.45, 2.75) is 6.42 Å². The highest BCUT2D eigenvalue weighted by molar-refractivity contribution is 5.83. The highest BCUT2D eigenvalue weighted by Crippen LogP contribution is 2.44. The second-order valence-corrected chi connectivity index (χ2v) is 7.09. The Labute approximate surface area is 168 Å². The number of nitrogens with zero attached hydrogens (tertiary/aromatic N) is 1. The van der Waals surface area contributed by atoms with E-state index in [-0.39, 0.29) is 5.75 Å². The molecule has 144 valence electrons. The van der Waals surface area contributed by atoms with E-state index in [4.69, 9.17) is 9.47 Å². The lowest BCUT2D eigenvalue weighted by Crippen LogP contribution is -1.93. The predicted molar refractivity (Wildman–Crippen MR) is 112 cm³/mol. The van der Waals surface area contributed by atoms with Crippen LogP contribution in [0.25, 0.3) is 33.6 Å². The van der Waals surface area contributed by atoms with Crippen molar-refractivity contribution >= 4 is 0 Å². The van der Waals surface area contributed by atoms with Crippen molar-refractivity contribution in [3.05, 3.63) is 71.8 Å². The molecule has 5 heteroatoms. The molecule has 0 radical (unpaired) electrons. The van der Waals surface area contributed by atoms with Crippen LogP contribution in [0.15, 0.2) is 60.7 Å². The van der Waals surface area contributed by atoms with Crippen LogP contribution in [0.4, 0.5) is 0 Å². The molecule has 0 saturated heterocycles. The van der Waals surface area contributed by atoms with Gasteiger partial charge in [-0.15, -0.1) is 0 Å². The standard InChI is InChI=1S/C24H20N2O3/c1-28-21-12-17-11-20-23(25-26-24(20)19(17)13-22(21)29-2)16-5-3-14(4-6-16)15-7-9-18(27)10-8-15/h3-10,12-13,27H,11H2,1-2H3,(H,25,26). The monoisotopic (exact) mass is 384 g/mol. The molecule has 5 nitrogen and oxygen atoms in total. The van der Waals surface area contributed by atoms with E-state index in [1.165, 1.54) is 11.1 Å². The summed E-state index contributed by atoms with van der Waals surface area (Å²) in [6, 6.07) is 19.6. The van der Waals surface area contributed by atoms with Crippen molar-refractivity contribution in [3.8, 4) is 50.9 Å². The zero-order valence-corrected chi connectivity index (χ0v) is 16.2. The Balaban J connectivity index is 1.50. The number of benzene rings is 3. The zero-order chi connectivity index (χ0) is 20.0. The van der Waals surface area contributed by atoms with E-state index in [1.807, 2.05) is 24.3 Å². The molecule has 1 aliphatic carbocycles. The van der Waals surface area contributed by atoms with Crippen LogP contribution < -0.4 is 9.47 Å². The van der Waals surface area contributed by atoms with Crippen molar-refractivity contribution in [2.75, 3.05) is 14.2 Å². The van der Waals surface area contributed by atoms with Gasteiger partial charge in [-0.1, -0.05) is 36.4 Å². The molecule has 0 spiro atoms. The maximum Gasteiger partial charge on any atom is 0.161 e. The first-order chi connectivity index (χ1) is 14.2. The van der Waals surface area contributed by atoms with Gasteiger partial charge in [0.05, 0.1) is 25.6 Å².